The van der Waals surface area contributed by atoms with Gasteiger partial charge in [0.25, 0.3) is 0 Å². The Morgan fingerprint density at radius 2 is 1.37 bits per heavy atom. The van der Waals surface area contributed by atoms with Gasteiger partial charge in [0.2, 0.25) is 0 Å². The van der Waals surface area contributed by atoms with Crippen molar-refractivity contribution in [2.45, 2.75) is 45.3 Å². The van der Waals surface area contributed by atoms with Gasteiger partial charge in [-0.25, -0.2) is 0 Å². The van der Waals surface area contributed by atoms with Gasteiger partial charge in [0.1, 0.15) is 17.2 Å². The number of rotatable bonds is 12. The Balaban J connectivity index is 1.53. The summed E-state index contributed by atoms with van der Waals surface area (Å²) < 4.78 is 18.0. The molecular formula is C33H32O4S. The Hall–Kier alpha value is -3.96. The van der Waals surface area contributed by atoms with E-state index in [1.807, 2.05) is 116 Å². The molecule has 4 aromatic rings. The predicted molar refractivity (Wildman–Crippen MR) is 155 cm³/mol. The van der Waals surface area contributed by atoms with Crippen LogP contribution >= 0.6 is 12.2 Å². The van der Waals surface area contributed by atoms with E-state index in [9.17, 15) is 4.79 Å². The van der Waals surface area contributed by atoms with Crippen LogP contribution in [0.2, 0.25) is 0 Å². The van der Waals surface area contributed by atoms with E-state index >= 15 is 0 Å². The summed E-state index contributed by atoms with van der Waals surface area (Å²) in [6.45, 7) is 4.08. The molecule has 0 saturated heterocycles. The van der Waals surface area contributed by atoms with E-state index in [4.69, 9.17) is 26.4 Å². The molecule has 0 aliphatic carbocycles. The van der Waals surface area contributed by atoms with Gasteiger partial charge in [-0.1, -0.05) is 98.0 Å². The fraction of sp³-hybridized carbons (Fsp3) is 0.212. The molecular weight excluding hydrogens is 492 g/mol. The van der Waals surface area contributed by atoms with E-state index in [0.717, 1.165) is 28.9 Å². The minimum atomic E-state index is -0.675. The van der Waals surface area contributed by atoms with Crippen LogP contribution in [-0.4, -0.2) is 16.9 Å². The molecule has 38 heavy (non-hydrogen) atoms. The third-order valence-electron chi connectivity index (χ3n) is 6.14. The Morgan fingerprint density at radius 3 is 2.05 bits per heavy atom. The van der Waals surface area contributed by atoms with Gasteiger partial charge in [0.15, 0.2) is 6.10 Å². The molecule has 194 valence electrons. The van der Waals surface area contributed by atoms with Crippen molar-refractivity contribution in [1.29, 1.82) is 0 Å². The van der Waals surface area contributed by atoms with Crippen LogP contribution in [0, 0.1) is 0 Å². The number of thiocarbonyl (C=S) groups is 1. The van der Waals surface area contributed by atoms with Crippen molar-refractivity contribution >= 4 is 23.1 Å². The minimum absolute atomic E-state index is 0.0509. The largest absolute Gasteiger partial charge is 0.490 e. The second-order valence-electron chi connectivity index (χ2n) is 9.10. The van der Waals surface area contributed by atoms with Crippen molar-refractivity contribution in [2.24, 2.45) is 0 Å². The van der Waals surface area contributed by atoms with Crippen LogP contribution in [0.3, 0.4) is 0 Å². The molecule has 0 aromatic heterocycles. The fourth-order valence-corrected chi connectivity index (χ4v) is 4.29. The van der Waals surface area contributed by atoms with Gasteiger partial charge in [-0.2, -0.15) is 0 Å². The van der Waals surface area contributed by atoms with Crippen molar-refractivity contribution in [3.63, 3.8) is 0 Å². The quantitative estimate of drug-likeness (QED) is 0.138. The molecule has 2 unspecified atom stereocenters. The van der Waals surface area contributed by atoms with Crippen LogP contribution < -0.4 is 9.47 Å². The Bertz CT molecular complexity index is 1320. The molecule has 4 aromatic carbocycles. The number of esters is 1. The fourth-order valence-electron chi connectivity index (χ4n) is 3.94. The number of ether oxygens (including phenoxy) is 3. The predicted octanol–water partition coefficient (Wildman–Crippen LogP) is 8.10. The van der Waals surface area contributed by atoms with E-state index in [1.54, 1.807) is 0 Å². The summed E-state index contributed by atoms with van der Waals surface area (Å²) in [6, 6.07) is 34.6. The first-order valence-electron chi connectivity index (χ1n) is 12.9. The molecule has 0 N–H and O–H groups in total. The van der Waals surface area contributed by atoms with E-state index in [-0.39, 0.29) is 18.5 Å². The first kappa shape index (κ1) is 27.1. The molecule has 5 heteroatoms. The van der Waals surface area contributed by atoms with E-state index in [0.29, 0.717) is 22.8 Å². The zero-order valence-corrected chi connectivity index (χ0v) is 22.5. The van der Waals surface area contributed by atoms with Crippen LogP contribution in [-0.2, 0) is 22.4 Å². The normalized spacial score (nSPS) is 12.3. The second kappa shape index (κ2) is 13.5. The van der Waals surface area contributed by atoms with Crippen LogP contribution in [0.4, 0.5) is 0 Å². The standard InChI is InChI=1S/C33H32O4S/c1-3-24(2)35-30-17-11-10-14-27(30)23-32(34)37-33(31(38)22-25-12-6-4-7-13-25)26-18-20-29(21-19-26)36-28-15-8-5-9-16-28/h4-21,24,33H,3,22-23H2,1-2H3. The third-order valence-corrected chi connectivity index (χ3v) is 6.49. The monoisotopic (exact) mass is 524 g/mol. The summed E-state index contributed by atoms with van der Waals surface area (Å²) in [5.41, 5.74) is 2.65. The van der Waals surface area contributed by atoms with Crippen molar-refractivity contribution in [3.05, 3.63) is 126 Å². The zero-order chi connectivity index (χ0) is 26.7. The number of para-hydroxylation sites is 2. The molecule has 0 heterocycles. The van der Waals surface area contributed by atoms with Gasteiger partial charge >= 0.3 is 5.97 Å². The number of carbonyl (C=O) groups is 1. The van der Waals surface area contributed by atoms with Gasteiger partial charge in [0.05, 0.1) is 12.5 Å². The topological polar surface area (TPSA) is 44.8 Å². The van der Waals surface area contributed by atoms with Gasteiger partial charge in [-0.15, -0.1) is 0 Å². The maximum Gasteiger partial charge on any atom is 0.311 e. The Morgan fingerprint density at radius 1 is 0.763 bits per heavy atom. The van der Waals surface area contributed by atoms with E-state index < -0.39 is 6.10 Å². The summed E-state index contributed by atoms with van der Waals surface area (Å²) >= 11 is 5.83. The summed E-state index contributed by atoms with van der Waals surface area (Å²) in [7, 11) is 0. The highest BCUT2D eigenvalue weighted by Gasteiger charge is 2.23. The minimum Gasteiger partial charge on any atom is -0.490 e. The van der Waals surface area contributed by atoms with Crippen molar-refractivity contribution < 1.29 is 19.0 Å². The lowest BCUT2D eigenvalue weighted by Crippen LogP contribution is -2.21. The molecule has 0 fully saturated rings. The number of hydrogen-bond acceptors (Lipinski definition) is 5. The van der Waals surface area contributed by atoms with Gasteiger partial charge in [0, 0.05) is 16.8 Å². The van der Waals surface area contributed by atoms with Gasteiger partial charge < -0.3 is 14.2 Å². The SMILES string of the molecule is CCC(C)Oc1ccccc1CC(=O)OC(C(=S)Cc1ccccc1)c1ccc(Oc2ccccc2)cc1. The second-order valence-corrected chi connectivity index (χ2v) is 9.63. The molecule has 0 bridgehead atoms. The van der Waals surface area contributed by atoms with Crippen molar-refractivity contribution in [3.8, 4) is 17.2 Å². The maximum absolute atomic E-state index is 13.2. The molecule has 0 spiro atoms. The van der Waals surface area contributed by atoms with Crippen LogP contribution in [0.25, 0.3) is 0 Å². The molecule has 0 aliphatic heterocycles. The molecule has 0 saturated carbocycles. The van der Waals surface area contributed by atoms with Crippen molar-refractivity contribution in [1.82, 2.24) is 0 Å². The highest BCUT2D eigenvalue weighted by atomic mass is 32.1. The highest BCUT2D eigenvalue weighted by molar-refractivity contribution is 7.80. The smallest absolute Gasteiger partial charge is 0.311 e. The number of benzene rings is 4. The summed E-state index contributed by atoms with van der Waals surface area (Å²) in [5.74, 6) is 1.77. The van der Waals surface area contributed by atoms with Gasteiger partial charge in [-0.05, 0) is 54.8 Å². The molecule has 4 nitrogen and oxygen atoms in total. The molecule has 0 amide bonds. The Labute approximate surface area is 230 Å². The average molecular weight is 525 g/mol. The van der Waals surface area contributed by atoms with Crippen LogP contribution in [0.5, 0.6) is 17.2 Å². The summed E-state index contributed by atoms with van der Waals surface area (Å²) in [5, 5.41) is 0. The lowest BCUT2D eigenvalue weighted by molar-refractivity contribution is -0.145. The van der Waals surface area contributed by atoms with Crippen LogP contribution in [0.15, 0.2) is 109 Å². The van der Waals surface area contributed by atoms with E-state index in [1.165, 1.54) is 0 Å². The number of hydrogen-bond donors (Lipinski definition) is 0. The lowest BCUT2D eigenvalue weighted by Gasteiger charge is -2.21. The van der Waals surface area contributed by atoms with Gasteiger partial charge in [-0.3, -0.25) is 4.79 Å². The highest BCUT2D eigenvalue weighted by Crippen LogP contribution is 2.28. The average Bonchev–Trinajstić information content (AvgIpc) is 2.94. The van der Waals surface area contributed by atoms with Crippen molar-refractivity contribution in [2.75, 3.05) is 0 Å². The first-order chi connectivity index (χ1) is 18.5. The van der Waals surface area contributed by atoms with E-state index in [2.05, 4.69) is 6.92 Å². The lowest BCUT2D eigenvalue weighted by atomic mass is 10.0. The van der Waals surface area contributed by atoms with Crippen LogP contribution in [0.1, 0.15) is 43.1 Å². The summed E-state index contributed by atoms with van der Waals surface area (Å²) in [4.78, 5) is 13.8. The Kier molecular flexibility index (Phi) is 9.65. The molecule has 4 rings (SSSR count). The maximum atomic E-state index is 13.2. The first-order valence-corrected chi connectivity index (χ1v) is 13.3. The third kappa shape index (κ3) is 7.77. The molecule has 0 aliphatic rings. The molecule has 2 atom stereocenters. The summed E-state index contributed by atoms with van der Waals surface area (Å²) in [6.07, 6.45) is 0.857. The molecule has 0 radical (unpaired) electrons. The zero-order valence-electron chi connectivity index (χ0n) is 21.7. The number of carbonyl (C=O) groups excluding carboxylic acids is 1.